The Kier molecular flexibility index (Phi) is 5.41. The molecular formula is C18H21FN2OS. The highest BCUT2D eigenvalue weighted by Crippen LogP contribution is 2.26. The predicted octanol–water partition coefficient (Wildman–Crippen LogP) is 3.38. The van der Waals surface area contributed by atoms with Crippen LogP contribution in [0.2, 0.25) is 0 Å². The van der Waals surface area contributed by atoms with Gasteiger partial charge in [0.15, 0.2) is 0 Å². The first kappa shape index (κ1) is 16.1. The fourth-order valence-electron chi connectivity index (χ4n) is 3.04. The Morgan fingerprint density at radius 1 is 1.22 bits per heavy atom. The number of thiophene rings is 1. The number of nitrogens with one attached hydrogen (secondary N) is 1. The van der Waals surface area contributed by atoms with Gasteiger partial charge in [-0.2, -0.15) is 11.3 Å². The van der Waals surface area contributed by atoms with Crippen LogP contribution in [-0.4, -0.2) is 30.4 Å². The van der Waals surface area contributed by atoms with Gasteiger partial charge in [0.05, 0.1) is 12.5 Å². The average Bonchev–Trinajstić information content (AvgIpc) is 3.24. The van der Waals surface area contributed by atoms with Gasteiger partial charge in [-0.05, 0) is 66.0 Å². The van der Waals surface area contributed by atoms with Crippen LogP contribution in [0.25, 0.3) is 0 Å². The van der Waals surface area contributed by atoms with Gasteiger partial charge >= 0.3 is 0 Å². The molecule has 1 saturated heterocycles. The van der Waals surface area contributed by atoms with Gasteiger partial charge in [0.2, 0.25) is 5.91 Å². The molecule has 1 aliphatic rings. The maximum atomic E-state index is 12.9. The van der Waals surface area contributed by atoms with Crippen LogP contribution in [0.15, 0.2) is 41.1 Å². The maximum Gasteiger partial charge on any atom is 0.224 e. The lowest BCUT2D eigenvalue weighted by atomic mass is 10.1. The van der Waals surface area contributed by atoms with E-state index in [0.29, 0.717) is 6.54 Å². The largest absolute Gasteiger partial charge is 0.354 e. The summed E-state index contributed by atoms with van der Waals surface area (Å²) in [5.74, 6) is -0.295. The van der Waals surface area contributed by atoms with Crippen LogP contribution in [0.3, 0.4) is 0 Å². The molecule has 0 saturated carbocycles. The molecule has 0 spiro atoms. The monoisotopic (exact) mass is 332 g/mol. The number of rotatable bonds is 6. The lowest BCUT2D eigenvalue weighted by Crippen LogP contribution is -2.37. The Labute approximate surface area is 140 Å². The van der Waals surface area contributed by atoms with Crippen molar-refractivity contribution in [3.63, 3.8) is 0 Å². The van der Waals surface area contributed by atoms with Crippen LogP contribution < -0.4 is 5.32 Å². The van der Waals surface area contributed by atoms with E-state index in [2.05, 4.69) is 27.0 Å². The summed E-state index contributed by atoms with van der Waals surface area (Å²) >= 11 is 1.69. The zero-order valence-electron chi connectivity index (χ0n) is 13.0. The third-order valence-electron chi connectivity index (χ3n) is 4.28. The molecule has 1 atom stereocenters. The van der Waals surface area contributed by atoms with Crippen molar-refractivity contribution in [1.29, 1.82) is 0 Å². The van der Waals surface area contributed by atoms with Crippen molar-refractivity contribution in [2.45, 2.75) is 25.3 Å². The van der Waals surface area contributed by atoms with Crippen LogP contribution in [-0.2, 0) is 11.2 Å². The molecule has 3 nitrogen and oxygen atoms in total. The molecule has 0 aliphatic carbocycles. The van der Waals surface area contributed by atoms with Crippen molar-refractivity contribution in [2.75, 3.05) is 19.6 Å². The second kappa shape index (κ2) is 7.70. The molecule has 1 amide bonds. The van der Waals surface area contributed by atoms with E-state index in [1.54, 1.807) is 23.5 Å². The zero-order valence-corrected chi connectivity index (χ0v) is 13.8. The Morgan fingerprint density at radius 2 is 1.96 bits per heavy atom. The fourth-order valence-corrected chi connectivity index (χ4v) is 3.74. The van der Waals surface area contributed by atoms with Crippen molar-refractivity contribution in [1.82, 2.24) is 10.2 Å². The number of amides is 1. The molecule has 3 rings (SSSR count). The van der Waals surface area contributed by atoms with Gasteiger partial charge in [-0.15, -0.1) is 0 Å². The van der Waals surface area contributed by atoms with Crippen LogP contribution in [0.5, 0.6) is 0 Å². The Bertz CT molecular complexity index is 621. The Morgan fingerprint density at radius 3 is 2.61 bits per heavy atom. The second-order valence-electron chi connectivity index (χ2n) is 5.92. The van der Waals surface area contributed by atoms with Gasteiger partial charge in [0, 0.05) is 6.54 Å². The van der Waals surface area contributed by atoms with Gasteiger partial charge in [-0.1, -0.05) is 12.1 Å². The molecule has 5 heteroatoms. The van der Waals surface area contributed by atoms with Gasteiger partial charge in [-0.25, -0.2) is 4.39 Å². The van der Waals surface area contributed by atoms with Crippen molar-refractivity contribution < 1.29 is 9.18 Å². The lowest BCUT2D eigenvalue weighted by Gasteiger charge is -2.27. The first-order valence-electron chi connectivity index (χ1n) is 7.99. The second-order valence-corrected chi connectivity index (χ2v) is 6.70. The summed E-state index contributed by atoms with van der Waals surface area (Å²) in [4.78, 5) is 14.6. The first-order chi connectivity index (χ1) is 11.2. The molecule has 2 heterocycles. The quantitative estimate of drug-likeness (QED) is 0.879. The minimum atomic E-state index is -0.277. The van der Waals surface area contributed by atoms with E-state index in [9.17, 15) is 9.18 Å². The zero-order chi connectivity index (χ0) is 16.1. The number of carbonyl (C=O) groups is 1. The van der Waals surface area contributed by atoms with E-state index >= 15 is 0 Å². The van der Waals surface area contributed by atoms with Crippen molar-refractivity contribution >= 4 is 17.2 Å². The highest BCUT2D eigenvalue weighted by atomic mass is 32.1. The third-order valence-corrected chi connectivity index (χ3v) is 4.98. The Hall–Kier alpha value is -1.72. The highest BCUT2D eigenvalue weighted by molar-refractivity contribution is 7.07. The number of likely N-dealkylation sites (tertiary alicyclic amines) is 1. The molecule has 122 valence electrons. The number of carbonyl (C=O) groups excluding carboxylic acids is 1. The third kappa shape index (κ3) is 4.39. The smallest absolute Gasteiger partial charge is 0.224 e. The van der Waals surface area contributed by atoms with Crippen LogP contribution in [0, 0.1) is 5.82 Å². The fraction of sp³-hybridized carbons (Fsp3) is 0.389. The van der Waals surface area contributed by atoms with Gasteiger partial charge in [0.25, 0.3) is 0 Å². The number of hydrogen-bond acceptors (Lipinski definition) is 3. The molecule has 0 unspecified atom stereocenters. The van der Waals surface area contributed by atoms with Crippen LogP contribution in [0.1, 0.15) is 30.0 Å². The van der Waals surface area contributed by atoms with Gasteiger partial charge < -0.3 is 5.32 Å². The highest BCUT2D eigenvalue weighted by Gasteiger charge is 2.24. The summed E-state index contributed by atoms with van der Waals surface area (Å²) in [6.07, 6.45) is 2.74. The normalized spacial score (nSPS) is 16.4. The van der Waals surface area contributed by atoms with Crippen molar-refractivity contribution in [2.24, 2.45) is 0 Å². The van der Waals surface area contributed by atoms with Crippen LogP contribution in [0.4, 0.5) is 4.39 Å². The molecule has 23 heavy (non-hydrogen) atoms. The molecule has 1 fully saturated rings. The summed E-state index contributed by atoms with van der Waals surface area (Å²) in [5.41, 5.74) is 2.11. The number of hydrogen-bond donors (Lipinski definition) is 1. The minimum absolute atomic E-state index is 0.0176. The molecule has 0 radical (unpaired) electrons. The number of nitrogens with zero attached hydrogens (tertiary/aromatic N) is 1. The molecular weight excluding hydrogens is 311 g/mol. The summed E-state index contributed by atoms with van der Waals surface area (Å²) in [5, 5.41) is 7.29. The molecule has 1 N–H and O–H groups in total. The average molecular weight is 332 g/mol. The predicted molar refractivity (Wildman–Crippen MR) is 91.0 cm³/mol. The van der Waals surface area contributed by atoms with E-state index in [1.165, 1.54) is 30.5 Å². The summed E-state index contributed by atoms with van der Waals surface area (Å²) in [6, 6.07) is 8.49. The van der Waals surface area contributed by atoms with E-state index in [4.69, 9.17) is 0 Å². The Balaban J connectivity index is 1.57. The van der Waals surface area contributed by atoms with E-state index in [-0.39, 0.29) is 24.2 Å². The number of benzene rings is 1. The molecule has 1 aliphatic heterocycles. The van der Waals surface area contributed by atoms with E-state index in [0.717, 1.165) is 18.7 Å². The first-order valence-corrected chi connectivity index (χ1v) is 8.94. The van der Waals surface area contributed by atoms with E-state index < -0.39 is 0 Å². The summed E-state index contributed by atoms with van der Waals surface area (Å²) in [7, 11) is 0. The summed E-state index contributed by atoms with van der Waals surface area (Å²) < 4.78 is 12.9. The topological polar surface area (TPSA) is 32.3 Å². The molecule has 2 aromatic rings. The molecule has 1 aromatic carbocycles. The molecule has 1 aromatic heterocycles. The van der Waals surface area contributed by atoms with Crippen LogP contribution >= 0.6 is 11.3 Å². The van der Waals surface area contributed by atoms with Gasteiger partial charge in [0.1, 0.15) is 5.82 Å². The van der Waals surface area contributed by atoms with Gasteiger partial charge in [-0.3, -0.25) is 9.69 Å². The minimum Gasteiger partial charge on any atom is -0.354 e. The van der Waals surface area contributed by atoms with E-state index in [1.807, 2.05) is 0 Å². The molecule has 0 bridgehead atoms. The van der Waals surface area contributed by atoms with Crippen molar-refractivity contribution in [3.05, 3.63) is 58.0 Å². The lowest BCUT2D eigenvalue weighted by molar-refractivity contribution is -0.120. The van der Waals surface area contributed by atoms with Crippen molar-refractivity contribution in [3.8, 4) is 0 Å². The number of halogens is 1. The summed E-state index contributed by atoms with van der Waals surface area (Å²) in [6.45, 7) is 2.81. The maximum absolute atomic E-state index is 12.9. The standard InChI is InChI=1S/C18H21FN2OS/c19-16-5-3-14(4-6-16)11-18(22)20-12-17(15-7-10-23-13-15)21-8-1-2-9-21/h3-7,10,13,17H,1-2,8-9,11-12H2,(H,20,22)/t17-/m0/s1. The SMILES string of the molecule is O=C(Cc1ccc(F)cc1)NC[C@@H](c1ccsc1)N1CCCC1.